The van der Waals surface area contributed by atoms with Crippen LogP contribution in [0.15, 0.2) is 24.3 Å². The lowest BCUT2D eigenvalue weighted by atomic mass is 10.0. The largest absolute Gasteiger partial charge is 0.508 e. The molecule has 1 rings (SSSR count). The summed E-state index contributed by atoms with van der Waals surface area (Å²) in [6.07, 6.45) is 3.59. The molecule has 0 aliphatic heterocycles. The van der Waals surface area contributed by atoms with Crippen LogP contribution in [0.4, 0.5) is 0 Å². The number of carboxylic acids is 1. The molecule has 0 spiro atoms. The number of phenolic OH excluding ortho intramolecular Hbond substituents is 1. The van der Waals surface area contributed by atoms with Crippen LogP contribution in [0.25, 0.3) is 0 Å². The Balaban J connectivity index is 3.14. The second-order valence-corrected chi connectivity index (χ2v) is 10.2. The van der Waals surface area contributed by atoms with E-state index in [1.807, 2.05) is 6.26 Å². The van der Waals surface area contributed by atoms with Gasteiger partial charge in [-0.2, -0.15) is 11.8 Å². The Morgan fingerprint density at radius 1 is 0.892 bits per heavy atom. The van der Waals surface area contributed by atoms with E-state index in [-0.39, 0.29) is 24.5 Å². The number of carboxylic acid groups (broad SMARTS) is 1. The Hall–Kier alpha value is -2.83. The highest BCUT2D eigenvalue weighted by Gasteiger charge is 2.30. The predicted molar refractivity (Wildman–Crippen MR) is 144 cm³/mol. The maximum atomic E-state index is 13.3. The molecule has 208 valence electrons. The van der Waals surface area contributed by atoms with Gasteiger partial charge in [-0.3, -0.25) is 14.4 Å². The maximum absolute atomic E-state index is 13.3. The van der Waals surface area contributed by atoms with Crippen molar-refractivity contribution in [3.63, 3.8) is 0 Å². The van der Waals surface area contributed by atoms with Crippen LogP contribution in [-0.2, 0) is 25.6 Å². The molecule has 1 aromatic rings. The van der Waals surface area contributed by atoms with E-state index < -0.39 is 47.9 Å². The van der Waals surface area contributed by atoms with Gasteiger partial charge in [0.1, 0.15) is 23.9 Å². The number of amides is 3. The van der Waals surface area contributed by atoms with Crippen LogP contribution >= 0.6 is 11.8 Å². The van der Waals surface area contributed by atoms with Gasteiger partial charge in [-0.25, -0.2) is 4.79 Å². The number of unbranched alkanes of at least 4 members (excludes halogenated alkanes) is 1. The molecule has 0 saturated heterocycles. The van der Waals surface area contributed by atoms with E-state index >= 15 is 0 Å². The van der Waals surface area contributed by atoms with E-state index in [1.54, 1.807) is 26.0 Å². The van der Waals surface area contributed by atoms with Crippen molar-refractivity contribution in [2.24, 2.45) is 17.4 Å². The minimum atomic E-state index is -1.17. The lowest BCUT2D eigenvalue weighted by Crippen LogP contribution is -2.58. The SMILES string of the molecule is CSCCC(NC(=O)C(Cc1ccc(O)cc1)NC(=O)C(CCCCN)NC(=O)C(N)C(C)C)C(=O)O. The van der Waals surface area contributed by atoms with Gasteiger partial charge in [-0.1, -0.05) is 26.0 Å². The molecular weight excluding hydrogens is 498 g/mol. The fourth-order valence-corrected chi connectivity index (χ4v) is 3.92. The molecule has 11 nitrogen and oxygen atoms in total. The average molecular weight is 540 g/mol. The van der Waals surface area contributed by atoms with E-state index in [0.29, 0.717) is 37.1 Å². The zero-order chi connectivity index (χ0) is 28.0. The minimum absolute atomic E-state index is 0.0426. The number of aromatic hydroxyl groups is 1. The number of nitrogens with one attached hydrogen (secondary N) is 3. The van der Waals surface area contributed by atoms with Crippen molar-refractivity contribution in [2.75, 3.05) is 18.6 Å². The van der Waals surface area contributed by atoms with E-state index in [9.17, 15) is 29.4 Å². The summed E-state index contributed by atoms with van der Waals surface area (Å²) in [6.45, 7) is 4.01. The summed E-state index contributed by atoms with van der Waals surface area (Å²) in [5.74, 6) is -2.48. The van der Waals surface area contributed by atoms with E-state index in [2.05, 4.69) is 16.0 Å². The Morgan fingerprint density at radius 3 is 2.00 bits per heavy atom. The van der Waals surface area contributed by atoms with Gasteiger partial charge in [0.15, 0.2) is 0 Å². The molecule has 37 heavy (non-hydrogen) atoms. The van der Waals surface area contributed by atoms with Crippen molar-refractivity contribution in [3.8, 4) is 5.75 Å². The summed E-state index contributed by atoms with van der Waals surface area (Å²) < 4.78 is 0. The molecule has 0 aromatic heterocycles. The number of hydrogen-bond donors (Lipinski definition) is 7. The van der Waals surface area contributed by atoms with Crippen LogP contribution in [0.2, 0.25) is 0 Å². The summed E-state index contributed by atoms with van der Waals surface area (Å²) in [4.78, 5) is 50.7. The van der Waals surface area contributed by atoms with Crippen LogP contribution in [0, 0.1) is 5.92 Å². The monoisotopic (exact) mass is 539 g/mol. The molecule has 1 aromatic carbocycles. The molecule has 0 heterocycles. The molecule has 0 aliphatic carbocycles. The van der Waals surface area contributed by atoms with Gasteiger partial charge in [0.25, 0.3) is 0 Å². The number of nitrogens with two attached hydrogens (primary N) is 2. The zero-order valence-corrected chi connectivity index (χ0v) is 22.6. The van der Waals surface area contributed by atoms with Gasteiger partial charge in [-0.15, -0.1) is 0 Å². The second kappa shape index (κ2) is 16.8. The molecular formula is C25H41N5O6S. The minimum Gasteiger partial charge on any atom is -0.508 e. The summed E-state index contributed by atoms with van der Waals surface area (Å²) in [6, 6.07) is 2.10. The predicted octanol–water partition coefficient (Wildman–Crippen LogP) is 0.339. The van der Waals surface area contributed by atoms with Crippen molar-refractivity contribution >= 4 is 35.5 Å². The molecule has 0 bridgehead atoms. The van der Waals surface area contributed by atoms with Crippen LogP contribution in [0.5, 0.6) is 5.75 Å². The van der Waals surface area contributed by atoms with Crippen LogP contribution < -0.4 is 27.4 Å². The molecule has 0 fully saturated rings. The smallest absolute Gasteiger partial charge is 0.326 e. The fourth-order valence-electron chi connectivity index (χ4n) is 3.45. The van der Waals surface area contributed by atoms with Crippen LogP contribution in [0.3, 0.4) is 0 Å². The summed E-state index contributed by atoms with van der Waals surface area (Å²) in [5.41, 5.74) is 12.2. The Morgan fingerprint density at radius 2 is 1.46 bits per heavy atom. The van der Waals surface area contributed by atoms with Gasteiger partial charge >= 0.3 is 5.97 Å². The molecule has 4 atom stereocenters. The summed E-state index contributed by atoms with van der Waals surface area (Å²) >= 11 is 1.45. The first-order valence-electron chi connectivity index (χ1n) is 12.4. The first-order valence-corrected chi connectivity index (χ1v) is 13.8. The lowest BCUT2D eigenvalue weighted by Gasteiger charge is -2.26. The molecule has 0 radical (unpaired) electrons. The Labute approximate surface area is 222 Å². The number of carbonyl (C=O) groups is 4. The normalized spacial score (nSPS) is 14.3. The van der Waals surface area contributed by atoms with E-state index in [1.165, 1.54) is 23.9 Å². The highest BCUT2D eigenvalue weighted by Crippen LogP contribution is 2.13. The third kappa shape index (κ3) is 11.8. The van der Waals surface area contributed by atoms with Gasteiger partial charge in [0, 0.05) is 6.42 Å². The Kier molecular flexibility index (Phi) is 14.6. The quantitative estimate of drug-likeness (QED) is 0.136. The molecule has 0 aliphatic rings. The molecule has 12 heteroatoms. The number of hydrogen-bond acceptors (Lipinski definition) is 8. The van der Waals surface area contributed by atoms with Gasteiger partial charge in [-0.05, 0) is 67.9 Å². The average Bonchev–Trinajstić information content (AvgIpc) is 2.85. The second-order valence-electron chi connectivity index (χ2n) is 9.23. The topological polar surface area (TPSA) is 197 Å². The maximum Gasteiger partial charge on any atom is 0.326 e. The number of benzene rings is 1. The van der Waals surface area contributed by atoms with Gasteiger partial charge < -0.3 is 37.6 Å². The van der Waals surface area contributed by atoms with E-state index in [0.717, 1.165) is 0 Å². The number of aliphatic carboxylic acids is 1. The van der Waals surface area contributed by atoms with Crippen molar-refractivity contribution in [1.82, 2.24) is 16.0 Å². The van der Waals surface area contributed by atoms with Gasteiger partial charge in [0.05, 0.1) is 6.04 Å². The third-order valence-electron chi connectivity index (χ3n) is 5.84. The number of phenols is 1. The first-order chi connectivity index (χ1) is 17.5. The summed E-state index contributed by atoms with van der Waals surface area (Å²) in [5, 5.41) is 27.0. The van der Waals surface area contributed by atoms with Crippen LogP contribution in [0.1, 0.15) is 45.1 Å². The summed E-state index contributed by atoms with van der Waals surface area (Å²) in [7, 11) is 0. The molecule has 3 amide bonds. The molecule has 4 unspecified atom stereocenters. The van der Waals surface area contributed by atoms with E-state index in [4.69, 9.17) is 11.5 Å². The zero-order valence-electron chi connectivity index (χ0n) is 21.7. The Bertz CT molecular complexity index is 883. The van der Waals surface area contributed by atoms with Crippen LogP contribution in [-0.4, -0.2) is 76.6 Å². The van der Waals surface area contributed by atoms with Crippen molar-refractivity contribution in [1.29, 1.82) is 0 Å². The lowest BCUT2D eigenvalue weighted by molar-refractivity contribution is -0.142. The molecule has 0 saturated carbocycles. The van der Waals surface area contributed by atoms with Gasteiger partial charge in [0.2, 0.25) is 17.7 Å². The van der Waals surface area contributed by atoms with Crippen molar-refractivity contribution in [2.45, 2.75) is 70.1 Å². The number of thioether (sulfide) groups is 1. The fraction of sp³-hybridized carbons (Fsp3) is 0.600. The number of rotatable bonds is 17. The van der Waals surface area contributed by atoms with Crippen molar-refractivity contribution in [3.05, 3.63) is 29.8 Å². The highest BCUT2D eigenvalue weighted by molar-refractivity contribution is 7.98. The number of carbonyl (C=O) groups excluding carboxylic acids is 3. The third-order valence-corrected chi connectivity index (χ3v) is 6.48. The highest BCUT2D eigenvalue weighted by atomic mass is 32.2. The first kappa shape index (κ1) is 32.2. The molecule has 9 N–H and O–H groups in total. The standard InChI is InChI=1S/C25H41N5O6S/c1-15(2)21(27)24(34)28-18(6-4-5-12-26)22(32)30-20(14-16-7-9-17(31)10-8-16)23(33)29-19(25(35)36)11-13-37-3/h7-10,15,18-21,31H,4-6,11-14,26-27H2,1-3H3,(H,28,34)(H,29,33)(H,30,32)(H,35,36). The van der Waals surface area contributed by atoms with Crippen molar-refractivity contribution < 1.29 is 29.4 Å².